The van der Waals surface area contributed by atoms with Crippen LogP contribution in [-0.4, -0.2) is 51.3 Å². The molecule has 0 saturated carbocycles. The van der Waals surface area contributed by atoms with Crippen LogP contribution in [0.2, 0.25) is 0 Å². The van der Waals surface area contributed by atoms with E-state index in [1.54, 1.807) is 7.11 Å². The standard InChI is InChI=1S/C12H25N3O.HI/c1-5-7-8-10-15(3)12(13-6-2)14-9-11-16-4;/h5H,1,6-11H2,2-4H3,(H,13,14);1H. The van der Waals surface area contributed by atoms with Crippen molar-refractivity contribution in [2.24, 2.45) is 4.99 Å². The molecular formula is C12H26IN3O. The maximum Gasteiger partial charge on any atom is 0.193 e. The van der Waals surface area contributed by atoms with E-state index in [1.807, 2.05) is 6.08 Å². The van der Waals surface area contributed by atoms with Crippen molar-refractivity contribution in [1.82, 2.24) is 10.2 Å². The first-order valence-corrected chi connectivity index (χ1v) is 5.85. The molecule has 0 unspecified atom stereocenters. The Labute approximate surface area is 123 Å². The summed E-state index contributed by atoms with van der Waals surface area (Å²) in [6.45, 7) is 9.03. The molecule has 102 valence electrons. The minimum absolute atomic E-state index is 0. The van der Waals surface area contributed by atoms with Gasteiger partial charge in [-0.3, -0.25) is 4.99 Å². The Bertz CT molecular complexity index is 210. The molecule has 0 aromatic heterocycles. The number of halogens is 1. The average molecular weight is 355 g/mol. The second kappa shape index (κ2) is 13.8. The van der Waals surface area contributed by atoms with Crippen molar-refractivity contribution in [3.05, 3.63) is 12.7 Å². The summed E-state index contributed by atoms with van der Waals surface area (Å²) in [5.41, 5.74) is 0. The maximum atomic E-state index is 4.98. The van der Waals surface area contributed by atoms with Crippen LogP contribution in [0.5, 0.6) is 0 Å². The van der Waals surface area contributed by atoms with E-state index < -0.39 is 0 Å². The number of hydrogen-bond donors (Lipinski definition) is 1. The van der Waals surface area contributed by atoms with E-state index in [-0.39, 0.29) is 24.0 Å². The fourth-order valence-corrected chi connectivity index (χ4v) is 1.29. The fraction of sp³-hybridized carbons (Fsp3) is 0.750. The number of ether oxygens (including phenoxy) is 1. The Morgan fingerprint density at radius 3 is 2.76 bits per heavy atom. The van der Waals surface area contributed by atoms with Gasteiger partial charge in [0, 0.05) is 27.2 Å². The summed E-state index contributed by atoms with van der Waals surface area (Å²) in [4.78, 5) is 6.60. The molecule has 1 N–H and O–H groups in total. The van der Waals surface area contributed by atoms with E-state index in [2.05, 4.69) is 35.8 Å². The van der Waals surface area contributed by atoms with Crippen LogP contribution in [0.4, 0.5) is 0 Å². The van der Waals surface area contributed by atoms with Gasteiger partial charge in [-0.25, -0.2) is 0 Å². The average Bonchev–Trinajstić information content (AvgIpc) is 2.28. The van der Waals surface area contributed by atoms with E-state index in [0.717, 1.165) is 31.9 Å². The molecule has 0 saturated heterocycles. The van der Waals surface area contributed by atoms with Gasteiger partial charge in [-0.15, -0.1) is 30.6 Å². The van der Waals surface area contributed by atoms with Crippen LogP contribution in [0.1, 0.15) is 19.8 Å². The van der Waals surface area contributed by atoms with Crippen molar-refractivity contribution in [3.8, 4) is 0 Å². The number of nitrogens with zero attached hydrogens (tertiary/aromatic N) is 2. The molecule has 5 heteroatoms. The number of hydrogen-bond acceptors (Lipinski definition) is 2. The summed E-state index contributed by atoms with van der Waals surface area (Å²) < 4.78 is 4.98. The zero-order valence-electron chi connectivity index (χ0n) is 11.2. The molecule has 0 aliphatic heterocycles. The third kappa shape index (κ3) is 10.6. The van der Waals surface area contributed by atoms with Gasteiger partial charge >= 0.3 is 0 Å². The van der Waals surface area contributed by atoms with Gasteiger partial charge in [0.05, 0.1) is 13.2 Å². The van der Waals surface area contributed by atoms with Crippen molar-refractivity contribution in [2.45, 2.75) is 19.8 Å². The second-order valence-corrected chi connectivity index (χ2v) is 3.58. The van der Waals surface area contributed by atoms with Crippen LogP contribution < -0.4 is 5.32 Å². The Morgan fingerprint density at radius 1 is 1.53 bits per heavy atom. The van der Waals surface area contributed by atoms with Crippen molar-refractivity contribution >= 4 is 29.9 Å². The molecule has 17 heavy (non-hydrogen) atoms. The second-order valence-electron chi connectivity index (χ2n) is 3.58. The van der Waals surface area contributed by atoms with E-state index in [9.17, 15) is 0 Å². The molecule has 0 atom stereocenters. The summed E-state index contributed by atoms with van der Waals surface area (Å²) in [7, 11) is 3.74. The quantitative estimate of drug-likeness (QED) is 0.238. The molecule has 0 fully saturated rings. The molecule has 0 amide bonds. The third-order valence-electron chi connectivity index (χ3n) is 2.16. The first-order chi connectivity index (χ1) is 7.76. The van der Waals surface area contributed by atoms with Crippen molar-refractivity contribution in [3.63, 3.8) is 0 Å². The zero-order valence-corrected chi connectivity index (χ0v) is 13.6. The van der Waals surface area contributed by atoms with E-state index in [4.69, 9.17) is 4.74 Å². The van der Waals surface area contributed by atoms with Crippen molar-refractivity contribution in [1.29, 1.82) is 0 Å². The normalized spacial score (nSPS) is 10.6. The number of unbranched alkanes of at least 4 members (excludes halogenated alkanes) is 1. The predicted octanol–water partition coefficient (Wildman–Crippen LogP) is 2.11. The maximum absolute atomic E-state index is 4.98. The van der Waals surface area contributed by atoms with E-state index in [1.165, 1.54) is 0 Å². The van der Waals surface area contributed by atoms with Crippen LogP contribution >= 0.6 is 24.0 Å². The predicted molar refractivity (Wildman–Crippen MR) is 85.3 cm³/mol. The highest BCUT2D eigenvalue weighted by Gasteiger charge is 2.03. The molecule has 0 aliphatic rings. The number of guanidine groups is 1. The largest absolute Gasteiger partial charge is 0.383 e. The highest BCUT2D eigenvalue weighted by Crippen LogP contribution is 1.94. The Morgan fingerprint density at radius 2 is 2.24 bits per heavy atom. The lowest BCUT2D eigenvalue weighted by Gasteiger charge is -2.21. The lowest BCUT2D eigenvalue weighted by Crippen LogP contribution is -2.39. The van der Waals surface area contributed by atoms with Gasteiger partial charge in [-0.2, -0.15) is 0 Å². The first-order valence-electron chi connectivity index (χ1n) is 5.85. The Kier molecular flexibility index (Phi) is 15.4. The monoisotopic (exact) mass is 355 g/mol. The number of methoxy groups -OCH3 is 1. The molecule has 0 spiro atoms. The van der Waals surface area contributed by atoms with Gasteiger partial charge in [0.1, 0.15) is 0 Å². The number of aliphatic imine (C=N–C) groups is 1. The van der Waals surface area contributed by atoms with Crippen molar-refractivity contribution < 1.29 is 4.74 Å². The SMILES string of the molecule is C=CCCCN(C)C(=NCCOC)NCC.I. The Balaban J connectivity index is 0. The van der Waals surface area contributed by atoms with Gasteiger partial charge in [0.25, 0.3) is 0 Å². The summed E-state index contributed by atoms with van der Waals surface area (Å²) in [6.07, 6.45) is 4.10. The molecule has 4 nitrogen and oxygen atoms in total. The van der Waals surface area contributed by atoms with Gasteiger partial charge in [0.2, 0.25) is 0 Å². The van der Waals surface area contributed by atoms with Gasteiger partial charge in [-0.05, 0) is 19.8 Å². The van der Waals surface area contributed by atoms with E-state index >= 15 is 0 Å². The smallest absolute Gasteiger partial charge is 0.193 e. The first kappa shape index (κ1) is 19.0. The number of rotatable bonds is 8. The summed E-state index contributed by atoms with van der Waals surface area (Å²) in [5.74, 6) is 0.948. The lowest BCUT2D eigenvalue weighted by molar-refractivity contribution is 0.207. The fourth-order valence-electron chi connectivity index (χ4n) is 1.29. The molecule has 0 aromatic carbocycles. The molecule has 0 heterocycles. The van der Waals surface area contributed by atoms with Crippen LogP contribution in [0, 0.1) is 0 Å². The minimum Gasteiger partial charge on any atom is -0.383 e. The minimum atomic E-state index is 0. The third-order valence-corrected chi connectivity index (χ3v) is 2.16. The topological polar surface area (TPSA) is 36.9 Å². The number of allylic oxidation sites excluding steroid dienone is 1. The zero-order chi connectivity index (χ0) is 12.2. The molecule has 0 rings (SSSR count). The van der Waals surface area contributed by atoms with Gasteiger partial charge in [0.15, 0.2) is 5.96 Å². The van der Waals surface area contributed by atoms with Crippen LogP contribution in [0.15, 0.2) is 17.6 Å². The summed E-state index contributed by atoms with van der Waals surface area (Å²) in [6, 6.07) is 0. The summed E-state index contributed by atoms with van der Waals surface area (Å²) in [5, 5.41) is 3.26. The van der Waals surface area contributed by atoms with Gasteiger partial charge < -0.3 is 15.0 Å². The summed E-state index contributed by atoms with van der Waals surface area (Å²) >= 11 is 0. The molecule has 0 radical (unpaired) electrons. The molecule has 0 aliphatic carbocycles. The molecule has 0 aromatic rings. The van der Waals surface area contributed by atoms with E-state index in [0.29, 0.717) is 13.2 Å². The van der Waals surface area contributed by atoms with Crippen LogP contribution in [-0.2, 0) is 4.74 Å². The van der Waals surface area contributed by atoms with Crippen LogP contribution in [0.25, 0.3) is 0 Å². The lowest BCUT2D eigenvalue weighted by atomic mass is 10.3. The van der Waals surface area contributed by atoms with Gasteiger partial charge in [-0.1, -0.05) is 6.08 Å². The van der Waals surface area contributed by atoms with Crippen LogP contribution in [0.3, 0.4) is 0 Å². The Hall–Kier alpha value is -0.300. The number of nitrogens with one attached hydrogen (secondary N) is 1. The molecule has 0 bridgehead atoms. The highest BCUT2D eigenvalue weighted by molar-refractivity contribution is 14.0. The molecular weight excluding hydrogens is 329 g/mol. The van der Waals surface area contributed by atoms with Crippen molar-refractivity contribution in [2.75, 3.05) is 40.4 Å². The highest BCUT2D eigenvalue weighted by atomic mass is 127.